The highest BCUT2D eigenvalue weighted by molar-refractivity contribution is 9.10. The van der Waals surface area contributed by atoms with Crippen molar-refractivity contribution in [1.82, 2.24) is 10.2 Å². The van der Waals surface area contributed by atoms with E-state index >= 15 is 0 Å². The molecule has 23 heavy (non-hydrogen) atoms. The van der Waals surface area contributed by atoms with Crippen LogP contribution in [0.25, 0.3) is 10.9 Å². The number of hydrogen-bond acceptors (Lipinski definition) is 3. The number of carbonyl (C=O) groups is 1. The fourth-order valence-corrected chi connectivity index (χ4v) is 2.72. The maximum Gasteiger partial charge on any atom is 0.230 e. The van der Waals surface area contributed by atoms with Gasteiger partial charge in [0.25, 0.3) is 0 Å². The SMILES string of the molecule is CCOc1cccc(CC(=O)Nc2n[nH]c3cc(Br)ccc23)c1. The lowest BCUT2D eigenvalue weighted by molar-refractivity contribution is -0.115. The number of aromatic nitrogens is 2. The number of ether oxygens (including phenoxy) is 1. The smallest absolute Gasteiger partial charge is 0.230 e. The fraction of sp³-hybridized carbons (Fsp3) is 0.176. The molecule has 1 amide bonds. The van der Waals surface area contributed by atoms with Gasteiger partial charge in [-0.3, -0.25) is 9.89 Å². The van der Waals surface area contributed by atoms with Crippen molar-refractivity contribution in [2.24, 2.45) is 0 Å². The van der Waals surface area contributed by atoms with Crippen LogP contribution in [0.1, 0.15) is 12.5 Å². The summed E-state index contributed by atoms with van der Waals surface area (Å²) in [7, 11) is 0. The van der Waals surface area contributed by atoms with E-state index in [9.17, 15) is 4.79 Å². The minimum atomic E-state index is -0.116. The topological polar surface area (TPSA) is 67.0 Å². The van der Waals surface area contributed by atoms with Gasteiger partial charge < -0.3 is 10.1 Å². The number of nitrogens with one attached hydrogen (secondary N) is 2. The van der Waals surface area contributed by atoms with Gasteiger partial charge in [-0.05, 0) is 42.8 Å². The Morgan fingerprint density at radius 1 is 1.30 bits per heavy atom. The lowest BCUT2D eigenvalue weighted by atomic mass is 10.1. The van der Waals surface area contributed by atoms with Crippen LogP contribution in [-0.2, 0) is 11.2 Å². The summed E-state index contributed by atoms with van der Waals surface area (Å²) in [6.07, 6.45) is 0.270. The molecule has 0 aliphatic carbocycles. The van der Waals surface area contributed by atoms with E-state index in [4.69, 9.17) is 4.74 Å². The summed E-state index contributed by atoms with van der Waals surface area (Å²) in [5, 5.41) is 10.8. The van der Waals surface area contributed by atoms with Crippen molar-refractivity contribution in [1.29, 1.82) is 0 Å². The molecule has 118 valence electrons. The lowest BCUT2D eigenvalue weighted by Gasteiger charge is -2.06. The summed E-state index contributed by atoms with van der Waals surface area (Å²) < 4.78 is 6.41. The molecular formula is C17H16BrN3O2. The predicted molar refractivity (Wildman–Crippen MR) is 93.7 cm³/mol. The van der Waals surface area contributed by atoms with Crippen LogP contribution in [0.3, 0.4) is 0 Å². The van der Waals surface area contributed by atoms with Gasteiger partial charge in [0.1, 0.15) is 5.75 Å². The van der Waals surface area contributed by atoms with Gasteiger partial charge in [-0.1, -0.05) is 28.1 Å². The van der Waals surface area contributed by atoms with Gasteiger partial charge in [0, 0.05) is 9.86 Å². The molecular weight excluding hydrogens is 358 g/mol. The normalized spacial score (nSPS) is 10.7. The fourth-order valence-electron chi connectivity index (χ4n) is 2.36. The summed E-state index contributed by atoms with van der Waals surface area (Å²) >= 11 is 3.41. The van der Waals surface area contributed by atoms with Crippen LogP contribution in [0.15, 0.2) is 46.9 Å². The molecule has 0 aliphatic rings. The van der Waals surface area contributed by atoms with Crippen LogP contribution < -0.4 is 10.1 Å². The van der Waals surface area contributed by atoms with Gasteiger partial charge in [-0.25, -0.2) is 0 Å². The van der Waals surface area contributed by atoms with Gasteiger partial charge in [-0.2, -0.15) is 5.10 Å². The Labute approximate surface area is 142 Å². The van der Waals surface area contributed by atoms with Crippen molar-refractivity contribution in [3.63, 3.8) is 0 Å². The van der Waals surface area contributed by atoms with Crippen LogP contribution in [0.4, 0.5) is 5.82 Å². The Hall–Kier alpha value is -2.34. The first-order valence-electron chi connectivity index (χ1n) is 7.31. The molecule has 3 aromatic rings. The van der Waals surface area contributed by atoms with E-state index in [2.05, 4.69) is 31.4 Å². The summed E-state index contributed by atoms with van der Waals surface area (Å²) in [6.45, 7) is 2.53. The van der Waals surface area contributed by atoms with E-state index in [-0.39, 0.29) is 12.3 Å². The van der Waals surface area contributed by atoms with Gasteiger partial charge in [0.15, 0.2) is 5.82 Å². The minimum Gasteiger partial charge on any atom is -0.494 e. The Bertz CT molecular complexity index is 845. The molecule has 2 N–H and O–H groups in total. The largest absolute Gasteiger partial charge is 0.494 e. The average Bonchev–Trinajstić information content (AvgIpc) is 2.90. The zero-order chi connectivity index (χ0) is 16.2. The zero-order valence-corrected chi connectivity index (χ0v) is 14.2. The molecule has 1 heterocycles. The number of anilines is 1. The van der Waals surface area contributed by atoms with Gasteiger partial charge in [-0.15, -0.1) is 0 Å². The first-order chi connectivity index (χ1) is 11.2. The van der Waals surface area contributed by atoms with Gasteiger partial charge in [0.2, 0.25) is 5.91 Å². The zero-order valence-electron chi connectivity index (χ0n) is 12.6. The maximum absolute atomic E-state index is 12.2. The second-order valence-corrected chi connectivity index (χ2v) is 5.98. The average molecular weight is 374 g/mol. The molecule has 0 aliphatic heterocycles. The minimum absolute atomic E-state index is 0.116. The number of amides is 1. The third-order valence-corrected chi connectivity index (χ3v) is 3.85. The van der Waals surface area contributed by atoms with Crippen molar-refractivity contribution in [2.45, 2.75) is 13.3 Å². The van der Waals surface area contributed by atoms with Crippen LogP contribution >= 0.6 is 15.9 Å². The number of halogens is 1. The second-order valence-electron chi connectivity index (χ2n) is 5.07. The van der Waals surface area contributed by atoms with Crippen LogP contribution in [0.5, 0.6) is 5.75 Å². The maximum atomic E-state index is 12.2. The summed E-state index contributed by atoms with van der Waals surface area (Å²) in [4.78, 5) is 12.2. The quantitative estimate of drug-likeness (QED) is 0.712. The summed E-state index contributed by atoms with van der Waals surface area (Å²) in [5.74, 6) is 1.20. The number of nitrogens with zero attached hydrogens (tertiary/aromatic N) is 1. The first-order valence-corrected chi connectivity index (χ1v) is 8.10. The Balaban J connectivity index is 1.72. The van der Waals surface area contributed by atoms with E-state index in [1.54, 1.807) is 0 Å². The highest BCUT2D eigenvalue weighted by atomic mass is 79.9. The van der Waals surface area contributed by atoms with Gasteiger partial charge >= 0.3 is 0 Å². The molecule has 0 saturated carbocycles. The van der Waals surface area contributed by atoms with E-state index in [1.807, 2.05) is 49.4 Å². The Morgan fingerprint density at radius 3 is 3.00 bits per heavy atom. The molecule has 0 atom stereocenters. The highest BCUT2D eigenvalue weighted by Crippen LogP contribution is 2.24. The molecule has 2 aromatic carbocycles. The number of benzene rings is 2. The molecule has 0 bridgehead atoms. The van der Waals surface area contributed by atoms with E-state index < -0.39 is 0 Å². The van der Waals surface area contributed by atoms with Crippen molar-refractivity contribution < 1.29 is 9.53 Å². The molecule has 1 aromatic heterocycles. The van der Waals surface area contributed by atoms with Crippen molar-refractivity contribution in [2.75, 3.05) is 11.9 Å². The standard InChI is InChI=1S/C17H16BrN3O2/c1-2-23-13-5-3-4-11(8-13)9-16(22)19-17-14-7-6-12(18)10-15(14)20-21-17/h3-8,10H,2,9H2,1H3,(H2,19,20,21,22). The molecule has 0 radical (unpaired) electrons. The lowest BCUT2D eigenvalue weighted by Crippen LogP contribution is -2.14. The number of fused-ring (bicyclic) bond motifs is 1. The van der Waals surface area contributed by atoms with Crippen LogP contribution in [0, 0.1) is 0 Å². The molecule has 6 heteroatoms. The molecule has 0 unspecified atom stereocenters. The number of H-pyrrole nitrogens is 1. The molecule has 3 rings (SSSR count). The second kappa shape index (κ2) is 6.83. The Kier molecular flexibility index (Phi) is 4.62. The van der Waals surface area contributed by atoms with E-state index in [0.29, 0.717) is 12.4 Å². The van der Waals surface area contributed by atoms with Crippen LogP contribution in [-0.4, -0.2) is 22.7 Å². The Morgan fingerprint density at radius 2 is 2.17 bits per heavy atom. The van der Waals surface area contributed by atoms with Crippen molar-refractivity contribution >= 4 is 38.6 Å². The van der Waals surface area contributed by atoms with E-state index in [1.165, 1.54) is 0 Å². The number of rotatable bonds is 5. The number of carbonyl (C=O) groups excluding carboxylic acids is 1. The monoisotopic (exact) mass is 373 g/mol. The number of hydrogen-bond donors (Lipinski definition) is 2. The molecule has 0 saturated heterocycles. The highest BCUT2D eigenvalue weighted by Gasteiger charge is 2.10. The van der Waals surface area contributed by atoms with Crippen molar-refractivity contribution in [3.05, 3.63) is 52.5 Å². The van der Waals surface area contributed by atoms with Gasteiger partial charge in [0.05, 0.1) is 18.5 Å². The third kappa shape index (κ3) is 3.71. The molecule has 0 spiro atoms. The summed E-state index contributed by atoms with van der Waals surface area (Å²) in [5.41, 5.74) is 1.77. The molecule has 5 nitrogen and oxygen atoms in total. The van der Waals surface area contributed by atoms with Crippen LogP contribution in [0.2, 0.25) is 0 Å². The molecule has 0 fully saturated rings. The first kappa shape index (κ1) is 15.6. The van der Waals surface area contributed by atoms with Crippen molar-refractivity contribution in [3.8, 4) is 5.75 Å². The summed E-state index contributed by atoms with van der Waals surface area (Å²) in [6, 6.07) is 13.3. The van der Waals surface area contributed by atoms with E-state index in [0.717, 1.165) is 26.7 Å². The number of aromatic amines is 1. The third-order valence-electron chi connectivity index (χ3n) is 3.36. The predicted octanol–water partition coefficient (Wildman–Crippen LogP) is 3.91.